The molecule has 0 heterocycles. The largest absolute Gasteiger partial charge is 0.207 e. The summed E-state index contributed by atoms with van der Waals surface area (Å²) < 4.78 is 41.6. The van der Waals surface area contributed by atoms with Gasteiger partial charge in [0.2, 0.25) is 0 Å². The lowest BCUT2D eigenvalue weighted by molar-refractivity contribution is 0.296. The van der Waals surface area contributed by atoms with E-state index in [1.165, 1.54) is 51.5 Å². The van der Waals surface area contributed by atoms with Gasteiger partial charge in [0.25, 0.3) is 0 Å². The van der Waals surface area contributed by atoms with Gasteiger partial charge >= 0.3 is 0 Å². The maximum atomic E-state index is 14.1. The molecule has 0 bridgehead atoms. The molecular formula is C20H29F3. The van der Waals surface area contributed by atoms with Crippen LogP contribution in [0, 0.1) is 30.3 Å². The van der Waals surface area contributed by atoms with Crippen molar-refractivity contribution in [3.05, 3.63) is 34.6 Å². The minimum Gasteiger partial charge on any atom is -0.207 e. The number of hydrogen-bond donors (Lipinski definition) is 0. The Hall–Kier alpha value is -0.990. The maximum absolute atomic E-state index is 14.1. The van der Waals surface area contributed by atoms with Crippen LogP contribution in [-0.4, -0.2) is 0 Å². The van der Waals surface area contributed by atoms with Crippen LogP contribution in [0.15, 0.2) is 6.07 Å². The van der Waals surface area contributed by atoms with E-state index in [-0.39, 0.29) is 17.0 Å². The third kappa shape index (κ3) is 4.74. The van der Waals surface area contributed by atoms with Crippen molar-refractivity contribution in [3.63, 3.8) is 0 Å². The Balaban J connectivity index is 1.85. The number of benzene rings is 1. The second-order valence-corrected chi connectivity index (χ2v) is 7.12. The zero-order valence-corrected chi connectivity index (χ0v) is 14.4. The molecule has 0 atom stereocenters. The summed E-state index contributed by atoms with van der Waals surface area (Å²) in [7, 11) is 0. The minimum atomic E-state index is -1.02. The molecule has 1 saturated carbocycles. The molecule has 0 amide bonds. The molecule has 0 N–H and O–H groups in total. The first-order valence-corrected chi connectivity index (χ1v) is 9.18. The monoisotopic (exact) mass is 326 g/mol. The SMILES string of the molecule is CCCCCCC[C@H]1CC[C@H](c2cc(F)c(C)c(F)c2F)CC1. The molecule has 0 aliphatic heterocycles. The molecule has 0 aromatic heterocycles. The van der Waals surface area contributed by atoms with Gasteiger partial charge in [-0.05, 0) is 56.1 Å². The summed E-state index contributed by atoms with van der Waals surface area (Å²) in [6.45, 7) is 3.50. The molecule has 1 fully saturated rings. The fraction of sp³-hybridized carbons (Fsp3) is 0.700. The quantitative estimate of drug-likeness (QED) is 0.372. The first-order chi connectivity index (χ1) is 11.0. The van der Waals surface area contributed by atoms with Crippen molar-refractivity contribution >= 4 is 0 Å². The molecule has 0 saturated heterocycles. The van der Waals surface area contributed by atoms with Gasteiger partial charge in [-0.1, -0.05) is 45.4 Å². The molecule has 1 aliphatic carbocycles. The molecule has 23 heavy (non-hydrogen) atoms. The Morgan fingerprint density at radius 3 is 2.22 bits per heavy atom. The van der Waals surface area contributed by atoms with Crippen molar-refractivity contribution in [2.45, 2.75) is 84.0 Å². The Labute approximate surface area is 138 Å². The Morgan fingerprint density at radius 2 is 1.57 bits per heavy atom. The van der Waals surface area contributed by atoms with E-state index in [2.05, 4.69) is 6.92 Å². The van der Waals surface area contributed by atoms with Gasteiger partial charge in [0, 0.05) is 5.56 Å². The van der Waals surface area contributed by atoms with Crippen LogP contribution in [0.1, 0.15) is 88.2 Å². The summed E-state index contributed by atoms with van der Waals surface area (Å²) in [5.74, 6) is -1.81. The molecule has 3 heteroatoms. The van der Waals surface area contributed by atoms with E-state index in [1.54, 1.807) is 0 Å². The smallest absolute Gasteiger partial charge is 0.164 e. The number of rotatable bonds is 7. The van der Waals surface area contributed by atoms with Gasteiger partial charge in [-0.2, -0.15) is 0 Å². The van der Waals surface area contributed by atoms with Crippen molar-refractivity contribution in [3.8, 4) is 0 Å². The molecule has 130 valence electrons. The lowest BCUT2D eigenvalue weighted by Crippen LogP contribution is -2.15. The number of unbranched alkanes of at least 4 members (excludes halogenated alkanes) is 4. The predicted octanol–water partition coefficient (Wildman–Crippen LogP) is 7.05. The van der Waals surface area contributed by atoms with Gasteiger partial charge in [0.05, 0.1) is 0 Å². The summed E-state index contributed by atoms with van der Waals surface area (Å²) in [6, 6.07) is 1.21. The van der Waals surface area contributed by atoms with Crippen LogP contribution in [-0.2, 0) is 0 Å². The Morgan fingerprint density at radius 1 is 0.913 bits per heavy atom. The zero-order chi connectivity index (χ0) is 16.8. The average molecular weight is 326 g/mol. The first kappa shape index (κ1) is 18.4. The van der Waals surface area contributed by atoms with Crippen LogP contribution >= 0.6 is 0 Å². The summed E-state index contributed by atoms with van der Waals surface area (Å²) in [4.78, 5) is 0. The maximum Gasteiger partial charge on any atom is 0.164 e. The van der Waals surface area contributed by atoms with Gasteiger partial charge < -0.3 is 0 Å². The Bertz CT molecular complexity index is 502. The molecule has 2 rings (SSSR count). The second kappa shape index (κ2) is 8.75. The lowest BCUT2D eigenvalue weighted by Gasteiger charge is -2.29. The lowest BCUT2D eigenvalue weighted by atomic mass is 9.76. The fourth-order valence-corrected chi connectivity index (χ4v) is 3.80. The van der Waals surface area contributed by atoms with Crippen LogP contribution in [0.25, 0.3) is 0 Å². The summed E-state index contributed by atoms with van der Waals surface area (Å²) >= 11 is 0. The van der Waals surface area contributed by atoms with E-state index in [4.69, 9.17) is 0 Å². The van der Waals surface area contributed by atoms with Gasteiger partial charge in [-0.25, -0.2) is 13.2 Å². The summed E-state index contributed by atoms with van der Waals surface area (Å²) in [5.41, 5.74) is 0.0269. The van der Waals surface area contributed by atoms with E-state index in [0.717, 1.165) is 25.7 Å². The van der Waals surface area contributed by atoms with Gasteiger partial charge in [0.15, 0.2) is 11.6 Å². The molecule has 1 aromatic carbocycles. The van der Waals surface area contributed by atoms with Gasteiger partial charge in [-0.15, -0.1) is 0 Å². The van der Waals surface area contributed by atoms with E-state index in [0.29, 0.717) is 5.92 Å². The van der Waals surface area contributed by atoms with Crippen LogP contribution < -0.4 is 0 Å². The van der Waals surface area contributed by atoms with Gasteiger partial charge in [-0.3, -0.25) is 0 Å². The molecular weight excluding hydrogens is 297 g/mol. The Kier molecular flexibility index (Phi) is 6.98. The zero-order valence-electron chi connectivity index (χ0n) is 14.4. The minimum absolute atomic E-state index is 0.0315. The van der Waals surface area contributed by atoms with E-state index in [1.807, 2.05) is 0 Å². The predicted molar refractivity (Wildman–Crippen MR) is 89.1 cm³/mol. The van der Waals surface area contributed by atoms with E-state index >= 15 is 0 Å². The molecule has 0 spiro atoms. The highest BCUT2D eigenvalue weighted by Gasteiger charge is 2.27. The van der Waals surface area contributed by atoms with Crippen molar-refractivity contribution < 1.29 is 13.2 Å². The highest BCUT2D eigenvalue weighted by Crippen LogP contribution is 2.39. The molecule has 0 unspecified atom stereocenters. The van der Waals surface area contributed by atoms with Crippen LogP contribution in [0.2, 0.25) is 0 Å². The third-order valence-electron chi connectivity index (χ3n) is 5.42. The standard InChI is InChI=1S/C20H29F3/c1-3-4-5-6-7-8-15-9-11-16(12-10-15)17-13-18(21)14(2)19(22)20(17)23/h13,15-16H,3-12H2,1-2H3/t15-,16-. The topological polar surface area (TPSA) is 0 Å². The summed E-state index contributed by atoms with van der Waals surface area (Å²) in [6.07, 6.45) is 11.5. The van der Waals surface area contributed by atoms with Crippen LogP contribution in [0.4, 0.5) is 13.2 Å². The van der Waals surface area contributed by atoms with Crippen LogP contribution in [0.5, 0.6) is 0 Å². The fourth-order valence-electron chi connectivity index (χ4n) is 3.80. The third-order valence-corrected chi connectivity index (χ3v) is 5.42. The van der Waals surface area contributed by atoms with E-state index < -0.39 is 17.5 Å². The van der Waals surface area contributed by atoms with Crippen molar-refractivity contribution in [2.75, 3.05) is 0 Å². The highest BCUT2D eigenvalue weighted by molar-refractivity contribution is 5.30. The van der Waals surface area contributed by atoms with Gasteiger partial charge in [0.1, 0.15) is 5.82 Å². The second-order valence-electron chi connectivity index (χ2n) is 7.12. The van der Waals surface area contributed by atoms with Crippen LogP contribution in [0.3, 0.4) is 0 Å². The first-order valence-electron chi connectivity index (χ1n) is 9.18. The highest BCUT2D eigenvalue weighted by atomic mass is 19.2. The number of hydrogen-bond acceptors (Lipinski definition) is 0. The molecule has 1 aromatic rings. The summed E-state index contributed by atoms with van der Waals surface area (Å²) in [5, 5.41) is 0. The number of halogens is 3. The van der Waals surface area contributed by atoms with E-state index in [9.17, 15) is 13.2 Å². The van der Waals surface area contributed by atoms with Crippen molar-refractivity contribution in [2.24, 2.45) is 5.92 Å². The molecule has 1 aliphatic rings. The van der Waals surface area contributed by atoms with Crippen molar-refractivity contribution in [1.29, 1.82) is 0 Å². The average Bonchev–Trinajstić information content (AvgIpc) is 2.57. The molecule has 0 radical (unpaired) electrons. The molecule has 0 nitrogen and oxygen atoms in total. The normalized spacial score (nSPS) is 21.6. The van der Waals surface area contributed by atoms with Crippen molar-refractivity contribution in [1.82, 2.24) is 0 Å².